The quantitative estimate of drug-likeness (QED) is 0.383. The number of carboxylic acids is 1. The topological polar surface area (TPSA) is 85.3 Å². The van der Waals surface area contributed by atoms with Crippen LogP contribution in [0.3, 0.4) is 0 Å². The number of ether oxygens (including phenoxy) is 3. The molecular weight excluding hydrogens is 494 g/mol. The predicted octanol–water partition coefficient (Wildman–Crippen LogP) is 5.70. The van der Waals surface area contributed by atoms with Crippen LogP contribution in [0.15, 0.2) is 72.8 Å². The molecule has 3 aromatic rings. The fourth-order valence-corrected chi connectivity index (χ4v) is 5.68. The van der Waals surface area contributed by atoms with Gasteiger partial charge in [0.25, 0.3) is 5.91 Å². The van der Waals surface area contributed by atoms with E-state index in [1.165, 1.54) is 4.90 Å². The van der Waals surface area contributed by atoms with Crippen molar-refractivity contribution in [3.05, 3.63) is 95.1 Å². The molecule has 1 saturated carbocycles. The number of nitrogens with zero attached hydrogens (tertiary/aromatic N) is 1. The van der Waals surface area contributed by atoms with Crippen molar-refractivity contribution in [1.82, 2.24) is 4.90 Å². The lowest BCUT2D eigenvalue weighted by molar-refractivity contribution is -0.166. The summed E-state index contributed by atoms with van der Waals surface area (Å²) in [6, 6.07) is 21.8. The Labute approximate surface area is 229 Å². The number of methoxy groups -OCH3 is 1. The SMILES string of the molecule is COc1ccc2c(c1OCc1ccccc1)C[C@@H](C(=O)O)N(C(=O)[C@H](OC1(C)CCCC1)c1ccccc1)C2. The van der Waals surface area contributed by atoms with Gasteiger partial charge in [0.1, 0.15) is 12.6 Å². The molecule has 1 aliphatic heterocycles. The van der Waals surface area contributed by atoms with Crippen molar-refractivity contribution in [3.8, 4) is 11.5 Å². The standard InChI is InChI=1S/C32H35NO6/c1-32(17-9-10-18-32)39-28(23-13-7-4-8-14-23)30(34)33-20-24-15-16-27(37-2)29(25(24)19-26(33)31(35)36)38-21-22-11-5-3-6-12-22/h3-8,11-16,26,28H,9-10,17-21H2,1-2H3,(H,35,36)/t26-,28+/m0/s1. The highest BCUT2D eigenvalue weighted by Crippen LogP contribution is 2.41. The Bertz CT molecular complexity index is 1300. The molecule has 0 bridgehead atoms. The normalized spacial score (nSPS) is 18.7. The molecular formula is C32H35NO6. The molecule has 0 saturated heterocycles. The lowest BCUT2D eigenvalue weighted by Gasteiger charge is -2.39. The molecule has 1 aliphatic carbocycles. The van der Waals surface area contributed by atoms with Gasteiger partial charge in [0.05, 0.1) is 12.7 Å². The Balaban J connectivity index is 1.47. The molecule has 204 valence electrons. The first-order valence-corrected chi connectivity index (χ1v) is 13.5. The predicted molar refractivity (Wildman–Crippen MR) is 147 cm³/mol. The number of carbonyl (C=O) groups is 2. The van der Waals surface area contributed by atoms with Crippen molar-refractivity contribution in [2.45, 2.75) is 69.9 Å². The summed E-state index contributed by atoms with van der Waals surface area (Å²) < 4.78 is 18.3. The van der Waals surface area contributed by atoms with Crippen LogP contribution in [0.2, 0.25) is 0 Å². The molecule has 1 heterocycles. The van der Waals surface area contributed by atoms with E-state index in [1.807, 2.05) is 79.7 Å². The molecule has 7 heteroatoms. The molecule has 0 aromatic heterocycles. The van der Waals surface area contributed by atoms with E-state index in [4.69, 9.17) is 14.2 Å². The van der Waals surface area contributed by atoms with Crippen molar-refractivity contribution in [2.24, 2.45) is 0 Å². The Hall–Kier alpha value is -3.84. The summed E-state index contributed by atoms with van der Waals surface area (Å²) in [5.74, 6) is -0.348. The third kappa shape index (κ3) is 5.78. The summed E-state index contributed by atoms with van der Waals surface area (Å²) >= 11 is 0. The molecule has 5 rings (SSSR count). The van der Waals surface area contributed by atoms with Gasteiger partial charge in [-0.2, -0.15) is 0 Å². The van der Waals surface area contributed by atoms with Gasteiger partial charge in [-0.1, -0.05) is 79.6 Å². The van der Waals surface area contributed by atoms with Crippen molar-refractivity contribution in [1.29, 1.82) is 0 Å². The van der Waals surface area contributed by atoms with Crippen molar-refractivity contribution < 1.29 is 28.9 Å². The van der Waals surface area contributed by atoms with Gasteiger partial charge in [0.15, 0.2) is 17.6 Å². The van der Waals surface area contributed by atoms with Crippen LogP contribution in [0.25, 0.3) is 0 Å². The number of hydrogen-bond donors (Lipinski definition) is 1. The zero-order valence-electron chi connectivity index (χ0n) is 22.5. The highest BCUT2D eigenvalue weighted by atomic mass is 16.5. The zero-order valence-corrected chi connectivity index (χ0v) is 22.5. The number of aliphatic carboxylic acids is 1. The van der Waals surface area contributed by atoms with Crippen LogP contribution in [-0.2, 0) is 33.9 Å². The summed E-state index contributed by atoms with van der Waals surface area (Å²) in [6.07, 6.45) is 3.07. The Morgan fingerprint density at radius 1 is 1.00 bits per heavy atom. The Morgan fingerprint density at radius 2 is 1.67 bits per heavy atom. The molecule has 7 nitrogen and oxygen atoms in total. The van der Waals surface area contributed by atoms with E-state index in [9.17, 15) is 14.7 Å². The molecule has 1 N–H and O–H groups in total. The second-order valence-electron chi connectivity index (χ2n) is 10.6. The molecule has 1 fully saturated rings. The van der Waals surface area contributed by atoms with Crippen LogP contribution in [0, 0.1) is 0 Å². The summed E-state index contributed by atoms with van der Waals surface area (Å²) in [7, 11) is 1.57. The number of rotatable bonds is 9. The molecule has 2 aliphatic rings. The Kier molecular flexibility index (Phi) is 7.89. The molecule has 3 aromatic carbocycles. The van der Waals surface area contributed by atoms with Crippen LogP contribution in [0.1, 0.15) is 61.0 Å². The summed E-state index contributed by atoms with van der Waals surface area (Å²) in [5.41, 5.74) is 2.88. The van der Waals surface area contributed by atoms with Crippen LogP contribution in [-0.4, -0.2) is 40.6 Å². The maximum Gasteiger partial charge on any atom is 0.326 e. The maximum absolute atomic E-state index is 14.2. The average molecular weight is 530 g/mol. The molecule has 0 spiro atoms. The van der Waals surface area contributed by atoms with Gasteiger partial charge in [-0.3, -0.25) is 4.79 Å². The van der Waals surface area contributed by atoms with E-state index in [0.717, 1.165) is 47.9 Å². The van der Waals surface area contributed by atoms with Gasteiger partial charge in [-0.25, -0.2) is 4.79 Å². The van der Waals surface area contributed by atoms with E-state index < -0.39 is 23.7 Å². The van der Waals surface area contributed by atoms with Gasteiger partial charge >= 0.3 is 5.97 Å². The minimum Gasteiger partial charge on any atom is -0.493 e. The van der Waals surface area contributed by atoms with Crippen LogP contribution in [0.4, 0.5) is 0 Å². The van der Waals surface area contributed by atoms with Gasteiger partial charge in [0, 0.05) is 18.5 Å². The monoisotopic (exact) mass is 529 g/mol. The number of benzene rings is 3. The van der Waals surface area contributed by atoms with E-state index >= 15 is 0 Å². The maximum atomic E-state index is 14.2. The van der Waals surface area contributed by atoms with Crippen molar-refractivity contribution in [3.63, 3.8) is 0 Å². The minimum absolute atomic E-state index is 0.108. The number of carboxylic acid groups (broad SMARTS) is 1. The number of amides is 1. The second kappa shape index (κ2) is 11.5. The van der Waals surface area contributed by atoms with Gasteiger partial charge in [-0.05, 0) is 42.5 Å². The first kappa shape index (κ1) is 26.8. The summed E-state index contributed by atoms with van der Waals surface area (Å²) in [6.45, 7) is 2.50. The number of carbonyl (C=O) groups excluding carboxylic acids is 1. The lowest BCUT2D eigenvalue weighted by atomic mass is 9.91. The Morgan fingerprint density at radius 3 is 2.31 bits per heavy atom. The fourth-order valence-electron chi connectivity index (χ4n) is 5.68. The third-order valence-electron chi connectivity index (χ3n) is 7.84. The molecule has 0 unspecified atom stereocenters. The second-order valence-corrected chi connectivity index (χ2v) is 10.6. The van der Waals surface area contributed by atoms with Crippen molar-refractivity contribution >= 4 is 11.9 Å². The van der Waals surface area contributed by atoms with E-state index in [-0.39, 0.29) is 18.9 Å². The largest absolute Gasteiger partial charge is 0.493 e. The minimum atomic E-state index is -1.07. The zero-order chi connectivity index (χ0) is 27.4. The van der Waals surface area contributed by atoms with Gasteiger partial charge in [0.2, 0.25) is 0 Å². The lowest BCUT2D eigenvalue weighted by Crippen LogP contribution is -2.51. The summed E-state index contributed by atoms with van der Waals surface area (Å²) in [4.78, 5) is 28.2. The van der Waals surface area contributed by atoms with Crippen LogP contribution in [0.5, 0.6) is 11.5 Å². The molecule has 1 amide bonds. The first-order valence-electron chi connectivity index (χ1n) is 13.5. The van der Waals surface area contributed by atoms with E-state index in [2.05, 4.69) is 0 Å². The fraction of sp³-hybridized carbons (Fsp3) is 0.375. The summed E-state index contributed by atoms with van der Waals surface area (Å²) in [5, 5.41) is 10.3. The molecule has 0 radical (unpaired) electrons. The number of hydrogen-bond acceptors (Lipinski definition) is 5. The molecule has 2 atom stereocenters. The first-order chi connectivity index (χ1) is 18.9. The smallest absolute Gasteiger partial charge is 0.326 e. The number of fused-ring (bicyclic) bond motifs is 1. The van der Waals surface area contributed by atoms with Crippen LogP contribution >= 0.6 is 0 Å². The highest BCUT2D eigenvalue weighted by molar-refractivity contribution is 5.88. The van der Waals surface area contributed by atoms with E-state index in [0.29, 0.717) is 18.1 Å². The van der Waals surface area contributed by atoms with Crippen LogP contribution < -0.4 is 9.47 Å². The van der Waals surface area contributed by atoms with E-state index in [1.54, 1.807) is 7.11 Å². The van der Waals surface area contributed by atoms with Gasteiger partial charge in [-0.15, -0.1) is 0 Å². The van der Waals surface area contributed by atoms with Gasteiger partial charge < -0.3 is 24.2 Å². The average Bonchev–Trinajstić information content (AvgIpc) is 3.40. The highest BCUT2D eigenvalue weighted by Gasteiger charge is 2.42. The third-order valence-corrected chi connectivity index (χ3v) is 7.84. The van der Waals surface area contributed by atoms with Crippen molar-refractivity contribution in [2.75, 3.05) is 7.11 Å². The molecule has 39 heavy (non-hydrogen) atoms.